The molecule has 1 saturated heterocycles. The predicted octanol–water partition coefficient (Wildman–Crippen LogP) is 2.18. The van der Waals surface area contributed by atoms with Crippen molar-refractivity contribution in [2.45, 2.75) is 26.3 Å². The van der Waals surface area contributed by atoms with Crippen molar-refractivity contribution in [3.05, 3.63) is 17.0 Å². The van der Waals surface area contributed by atoms with Gasteiger partial charge in [-0.15, -0.1) is 0 Å². The zero-order chi connectivity index (χ0) is 11.7. The average Bonchev–Trinajstić information content (AvgIpc) is 2.57. The van der Waals surface area contributed by atoms with Crippen LogP contribution in [0.3, 0.4) is 0 Å². The Labute approximate surface area is 99.6 Å². The molecule has 1 fully saturated rings. The summed E-state index contributed by atoms with van der Waals surface area (Å²) in [6.07, 6.45) is 3.24. The first-order chi connectivity index (χ1) is 7.63. The van der Waals surface area contributed by atoms with Crippen LogP contribution in [0.1, 0.15) is 30.6 Å². The van der Waals surface area contributed by atoms with Crippen LogP contribution in [0.15, 0.2) is 6.33 Å². The number of nitrogens with zero attached hydrogens (tertiary/aromatic N) is 3. The van der Waals surface area contributed by atoms with Crippen molar-refractivity contribution in [2.75, 3.05) is 11.4 Å². The van der Waals surface area contributed by atoms with Crippen molar-refractivity contribution in [2.24, 2.45) is 5.92 Å². The van der Waals surface area contributed by atoms with Gasteiger partial charge >= 0.3 is 0 Å². The largest absolute Gasteiger partial charge is 0.353 e. The lowest BCUT2D eigenvalue weighted by Crippen LogP contribution is -2.28. The summed E-state index contributed by atoms with van der Waals surface area (Å²) < 4.78 is 0. The molecule has 86 valence electrons. The third kappa shape index (κ3) is 1.89. The van der Waals surface area contributed by atoms with Crippen molar-refractivity contribution in [3.63, 3.8) is 0 Å². The van der Waals surface area contributed by atoms with Crippen LogP contribution in [0.5, 0.6) is 0 Å². The first-order valence-corrected chi connectivity index (χ1v) is 5.73. The highest BCUT2D eigenvalue weighted by molar-refractivity contribution is 6.32. The van der Waals surface area contributed by atoms with Gasteiger partial charge in [0.25, 0.3) is 0 Å². The molecule has 0 aromatic carbocycles. The number of carbonyl (C=O) groups is 1. The quantitative estimate of drug-likeness (QED) is 0.586. The Morgan fingerprint density at radius 2 is 2.25 bits per heavy atom. The van der Waals surface area contributed by atoms with Gasteiger partial charge < -0.3 is 4.90 Å². The van der Waals surface area contributed by atoms with Gasteiger partial charge in [-0.2, -0.15) is 0 Å². The summed E-state index contributed by atoms with van der Waals surface area (Å²) in [5.41, 5.74) is 0.394. The van der Waals surface area contributed by atoms with Gasteiger partial charge in [0.05, 0.1) is 5.56 Å². The van der Waals surface area contributed by atoms with Crippen LogP contribution in [0, 0.1) is 5.92 Å². The second-order valence-electron chi connectivity index (χ2n) is 4.36. The van der Waals surface area contributed by atoms with Gasteiger partial charge in [0.15, 0.2) is 6.29 Å². The highest BCUT2D eigenvalue weighted by Gasteiger charge is 2.29. The lowest BCUT2D eigenvalue weighted by molar-refractivity contribution is 0.112. The summed E-state index contributed by atoms with van der Waals surface area (Å²) in [6.45, 7) is 5.24. The van der Waals surface area contributed by atoms with Gasteiger partial charge in [-0.25, -0.2) is 9.97 Å². The maximum absolute atomic E-state index is 11.0. The second kappa shape index (κ2) is 4.37. The highest BCUT2D eigenvalue weighted by atomic mass is 35.5. The first kappa shape index (κ1) is 11.3. The molecule has 16 heavy (non-hydrogen) atoms. The smallest absolute Gasteiger partial charge is 0.156 e. The Kier molecular flexibility index (Phi) is 3.10. The van der Waals surface area contributed by atoms with E-state index in [-0.39, 0.29) is 5.15 Å². The molecule has 4 nitrogen and oxygen atoms in total. The fraction of sp³-hybridized carbons (Fsp3) is 0.545. The van der Waals surface area contributed by atoms with Crippen LogP contribution in [-0.2, 0) is 0 Å². The number of halogens is 1. The lowest BCUT2D eigenvalue weighted by atomic mass is 10.1. The zero-order valence-corrected chi connectivity index (χ0v) is 10.1. The molecule has 1 aromatic heterocycles. The zero-order valence-electron chi connectivity index (χ0n) is 9.35. The van der Waals surface area contributed by atoms with E-state index in [0.717, 1.165) is 19.3 Å². The van der Waals surface area contributed by atoms with E-state index >= 15 is 0 Å². The number of aromatic nitrogens is 2. The molecule has 1 aliphatic heterocycles. The molecule has 0 amide bonds. The monoisotopic (exact) mass is 239 g/mol. The number of rotatable bonds is 2. The average molecular weight is 240 g/mol. The van der Waals surface area contributed by atoms with Crippen molar-refractivity contribution in [1.29, 1.82) is 0 Å². The molecular weight excluding hydrogens is 226 g/mol. The molecule has 1 aromatic rings. The van der Waals surface area contributed by atoms with Crippen LogP contribution in [-0.4, -0.2) is 28.8 Å². The van der Waals surface area contributed by atoms with Crippen LogP contribution >= 0.6 is 11.6 Å². The summed E-state index contributed by atoms with van der Waals surface area (Å²) in [5.74, 6) is 1.27. The second-order valence-corrected chi connectivity index (χ2v) is 4.72. The minimum absolute atomic E-state index is 0.228. The molecule has 0 aliphatic carbocycles. The van der Waals surface area contributed by atoms with Gasteiger partial charge in [-0.05, 0) is 19.3 Å². The Hall–Kier alpha value is -1.16. The van der Waals surface area contributed by atoms with Crippen molar-refractivity contribution in [3.8, 4) is 0 Å². The van der Waals surface area contributed by atoms with Crippen molar-refractivity contribution >= 4 is 23.7 Å². The maximum atomic E-state index is 11.0. The van der Waals surface area contributed by atoms with E-state index < -0.39 is 0 Å². The highest BCUT2D eigenvalue weighted by Crippen LogP contribution is 2.30. The first-order valence-electron chi connectivity index (χ1n) is 5.35. The van der Waals surface area contributed by atoms with E-state index in [1.54, 1.807) is 0 Å². The number of hydrogen-bond donors (Lipinski definition) is 0. The molecular formula is C11H14ClN3O. The molecule has 2 rings (SSSR count). The van der Waals surface area contributed by atoms with E-state index in [4.69, 9.17) is 11.6 Å². The van der Waals surface area contributed by atoms with E-state index in [2.05, 4.69) is 28.7 Å². The molecule has 0 saturated carbocycles. The van der Waals surface area contributed by atoms with Crippen molar-refractivity contribution in [1.82, 2.24) is 9.97 Å². The number of carbonyl (C=O) groups excluding carboxylic acids is 1. The van der Waals surface area contributed by atoms with Crippen LogP contribution in [0.2, 0.25) is 5.15 Å². The SMILES string of the molecule is CC1CC(C)N(c2ncnc(Cl)c2C=O)C1. The standard InChI is InChI=1S/C11H14ClN3O/c1-7-3-8(2)15(4-7)11-9(5-16)10(12)13-6-14-11/h5-8H,3-4H2,1-2H3. The van der Waals surface area contributed by atoms with Crippen molar-refractivity contribution < 1.29 is 4.79 Å². The normalized spacial score (nSPS) is 24.8. The molecule has 2 heterocycles. The number of aldehydes is 1. The van der Waals surface area contributed by atoms with Gasteiger partial charge in [0.1, 0.15) is 17.3 Å². The fourth-order valence-corrected chi connectivity index (χ4v) is 2.46. The minimum Gasteiger partial charge on any atom is -0.353 e. The lowest BCUT2D eigenvalue weighted by Gasteiger charge is -2.23. The Bertz CT molecular complexity index is 410. The molecule has 2 atom stereocenters. The summed E-state index contributed by atoms with van der Waals surface area (Å²) >= 11 is 5.88. The molecule has 5 heteroatoms. The fourth-order valence-electron chi connectivity index (χ4n) is 2.29. The number of hydrogen-bond acceptors (Lipinski definition) is 4. The topological polar surface area (TPSA) is 46.1 Å². The third-order valence-electron chi connectivity index (χ3n) is 2.99. The molecule has 0 bridgehead atoms. The molecule has 0 radical (unpaired) electrons. The predicted molar refractivity (Wildman–Crippen MR) is 63.0 cm³/mol. The Morgan fingerprint density at radius 3 is 2.81 bits per heavy atom. The molecule has 2 unspecified atom stereocenters. The van der Waals surface area contributed by atoms with E-state index in [1.807, 2.05) is 0 Å². The van der Waals surface area contributed by atoms with Gasteiger partial charge in [-0.1, -0.05) is 18.5 Å². The van der Waals surface area contributed by atoms with Gasteiger partial charge in [0.2, 0.25) is 0 Å². The minimum atomic E-state index is 0.228. The summed E-state index contributed by atoms with van der Waals surface area (Å²) in [7, 11) is 0. The van der Waals surface area contributed by atoms with Crippen LogP contribution in [0.4, 0.5) is 5.82 Å². The van der Waals surface area contributed by atoms with Gasteiger partial charge in [-0.3, -0.25) is 4.79 Å². The van der Waals surface area contributed by atoms with Crippen LogP contribution < -0.4 is 4.90 Å². The van der Waals surface area contributed by atoms with Crippen LogP contribution in [0.25, 0.3) is 0 Å². The molecule has 0 N–H and O–H groups in total. The van der Waals surface area contributed by atoms with E-state index in [9.17, 15) is 4.79 Å². The van der Waals surface area contributed by atoms with E-state index in [0.29, 0.717) is 23.3 Å². The third-order valence-corrected chi connectivity index (χ3v) is 3.29. The summed E-state index contributed by atoms with van der Waals surface area (Å²) in [6, 6.07) is 0.389. The number of anilines is 1. The Balaban J connectivity index is 2.40. The molecule has 1 aliphatic rings. The molecule has 0 spiro atoms. The summed E-state index contributed by atoms with van der Waals surface area (Å²) in [4.78, 5) is 21.1. The van der Waals surface area contributed by atoms with Gasteiger partial charge in [0, 0.05) is 12.6 Å². The summed E-state index contributed by atoms with van der Waals surface area (Å²) in [5, 5.41) is 0.228. The van der Waals surface area contributed by atoms with E-state index in [1.165, 1.54) is 6.33 Å². The maximum Gasteiger partial charge on any atom is 0.156 e. The Morgan fingerprint density at radius 1 is 1.50 bits per heavy atom.